The highest BCUT2D eigenvalue weighted by atomic mass is 16.6. The molecule has 1 aliphatic carbocycles. The molecule has 2 atom stereocenters. The largest absolute Gasteiger partial charge is 0.379 e. The molecule has 0 saturated heterocycles. The van der Waals surface area contributed by atoms with E-state index in [9.17, 15) is 14.9 Å². The minimum Gasteiger partial charge on any atom is -0.379 e. The maximum absolute atomic E-state index is 12.1. The van der Waals surface area contributed by atoms with E-state index in [0.717, 1.165) is 24.8 Å². The van der Waals surface area contributed by atoms with Crippen LogP contribution in [0, 0.1) is 24.0 Å². The highest BCUT2D eigenvalue weighted by Gasteiger charge is 2.28. The van der Waals surface area contributed by atoms with E-state index in [-0.39, 0.29) is 23.9 Å². The van der Waals surface area contributed by atoms with Crippen molar-refractivity contribution in [3.8, 4) is 0 Å². The molecule has 0 unspecified atom stereocenters. The van der Waals surface area contributed by atoms with E-state index in [2.05, 4.69) is 10.6 Å². The number of rotatable bonds is 4. The highest BCUT2D eigenvalue weighted by Crippen LogP contribution is 2.26. The van der Waals surface area contributed by atoms with Gasteiger partial charge in [0.25, 0.3) is 5.69 Å². The second kappa shape index (κ2) is 6.74. The van der Waals surface area contributed by atoms with E-state index in [0.29, 0.717) is 11.3 Å². The molecule has 7 nitrogen and oxygen atoms in total. The first-order chi connectivity index (χ1) is 10.4. The molecule has 2 N–H and O–H groups in total. The molecule has 22 heavy (non-hydrogen) atoms. The molecule has 0 aromatic heterocycles. The van der Waals surface area contributed by atoms with Crippen molar-refractivity contribution in [2.45, 2.75) is 45.3 Å². The molecule has 1 aliphatic rings. The molecule has 0 spiro atoms. The van der Waals surface area contributed by atoms with Crippen LogP contribution in [0.2, 0.25) is 0 Å². The quantitative estimate of drug-likeness (QED) is 0.660. The average Bonchev–Trinajstić information content (AvgIpc) is 2.88. The van der Waals surface area contributed by atoms with E-state index in [1.807, 2.05) is 0 Å². The maximum atomic E-state index is 12.1. The SMILES string of the molecule is CO[C@H]1CCC[C@@H]1NC(=O)Nc1cc([N+](=O)[O-])c(C)cc1C. The van der Waals surface area contributed by atoms with Gasteiger partial charge in [-0.1, -0.05) is 0 Å². The lowest BCUT2D eigenvalue weighted by Gasteiger charge is -2.20. The van der Waals surface area contributed by atoms with Crippen molar-refractivity contribution in [1.29, 1.82) is 0 Å². The molecule has 2 rings (SSSR count). The molecule has 0 aliphatic heterocycles. The summed E-state index contributed by atoms with van der Waals surface area (Å²) < 4.78 is 5.33. The first-order valence-corrected chi connectivity index (χ1v) is 7.28. The number of aryl methyl sites for hydroxylation is 2. The molecule has 0 bridgehead atoms. The predicted octanol–water partition coefficient (Wildman–Crippen LogP) is 2.90. The van der Waals surface area contributed by atoms with Crippen LogP contribution in [0.15, 0.2) is 12.1 Å². The number of nitro benzene ring substituents is 1. The monoisotopic (exact) mass is 307 g/mol. The summed E-state index contributed by atoms with van der Waals surface area (Å²) in [4.78, 5) is 22.6. The third-order valence-electron chi connectivity index (χ3n) is 4.06. The first-order valence-electron chi connectivity index (χ1n) is 7.28. The molecule has 120 valence electrons. The molecule has 1 aromatic rings. The Morgan fingerprint density at radius 1 is 1.32 bits per heavy atom. The fourth-order valence-corrected chi connectivity index (χ4v) is 2.87. The first kappa shape index (κ1) is 16.2. The number of benzene rings is 1. The number of nitro groups is 1. The van der Waals surface area contributed by atoms with Gasteiger partial charge in [0, 0.05) is 18.7 Å². The van der Waals surface area contributed by atoms with E-state index < -0.39 is 4.92 Å². The summed E-state index contributed by atoms with van der Waals surface area (Å²) in [5.41, 5.74) is 1.80. The Bertz CT molecular complexity index is 588. The van der Waals surface area contributed by atoms with Crippen LogP contribution in [-0.4, -0.2) is 30.2 Å². The topological polar surface area (TPSA) is 93.5 Å². The number of urea groups is 1. The van der Waals surface area contributed by atoms with Crippen LogP contribution in [0.4, 0.5) is 16.2 Å². The zero-order chi connectivity index (χ0) is 16.3. The van der Waals surface area contributed by atoms with E-state index in [1.165, 1.54) is 6.07 Å². The molecule has 2 amide bonds. The Labute approximate surface area is 129 Å². The van der Waals surface area contributed by atoms with Crippen molar-refractivity contribution >= 4 is 17.4 Å². The number of nitrogens with zero attached hydrogens (tertiary/aromatic N) is 1. The van der Waals surface area contributed by atoms with Gasteiger partial charge >= 0.3 is 6.03 Å². The van der Waals surface area contributed by atoms with Crippen LogP contribution in [0.5, 0.6) is 0 Å². The van der Waals surface area contributed by atoms with Crippen molar-refractivity contribution in [2.75, 3.05) is 12.4 Å². The summed E-state index contributed by atoms with van der Waals surface area (Å²) in [5, 5.41) is 16.6. The summed E-state index contributed by atoms with van der Waals surface area (Å²) in [6.07, 6.45) is 2.84. The van der Waals surface area contributed by atoms with Gasteiger partial charge in [-0.25, -0.2) is 4.79 Å². The van der Waals surface area contributed by atoms with Crippen molar-refractivity contribution in [2.24, 2.45) is 0 Å². The second-order valence-electron chi connectivity index (χ2n) is 5.62. The normalized spacial score (nSPS) is 20.7. The summed E-state index contributed by atoms with van der Waals surface area (Å²) in [5.74, 6) is 0. The third kappa shape index (κ3) is 3.54. The number of ether oxygens (including phenoxy) is 1. The predicted molar refractivity (Wildman–Crippen MR) is 83.2 cm³/mol. The van der Waals surface area contributed by atoms with Gasteiger partial charge in [0.15, 0.2) is 0 Å². The van der Waals surface area contributed by atoms with Gasteiger partial charge in [0.1, 0.15) is 0 Å². The number of nitrogens with one attached hydrogen (secondary N) is 2. The number of hydrogen-bond acceptors (Lipinski definition) is 4. The van der Waals surface area contributed by atoms with Crippen LogP contribution in [0.1, 0.15) is 30.4 Å². The highest BCUT2D eigenvalue weighted by molar-refractivity contribution is 5.91. The smallest absolute Gasteiger partial charge is 0.319 e. The third-order valence-corrected chi connectivity index (χ3v) is 4.06. The summed E-state index contributed by atoms with van der Waals surface area (Å²) in [6, 6.07) is 2.70. The average molecular weight is 307 g/mol. The lowest BCUT2D eigenvalue weighted by molar-refractivity contribution is -0.385. The van der Waals surface area contributed by atoms with Crippen LogP contribution in [-0.2, 0) is 4.74 Å². The second-order valence-corrected chi connectivity index (χ2v) is 5.62. The summed E-state index contributed by atoms with van der Waals surface area (Å²) in [7, 11) is 1.63. The Morgan fingerprint density at radius 2 is 2.05 bits per heavy atom. The number of methoxy groups -OCH3 is 1. The molecule has 7 heteroatoms. The number of hydrogen-bond donors (Lipinski definition) is 2. The van der Waals surface area contributed by atoms with E-state index >= 15 is 0 Å². The van der Waals surface area contributed by atoms with Gasteiger partial charge in [-0.2, -0.15) is 0 Å². The van der Waals surface area contributed by atoms with E-state index in [4.69, 9.17) is 4.74 Å². The zero-order valence-electron chi connectivity index (χ0n) is 13.0. The Morgan fingerprint density at radius 3 is 2.68 bits per heavy atom. The van der Waals surface area contributed by atoms with Gasteiger partial charge < -0.3 is 15.4 Å². The molecular formula is C15H21N3O4. The van der Waals surface area contributed by atoms with Crippen LogP contribution in [0.3, 0.4) is 0 Å². The number of anilines is 1. The van der Waals surface area contributed by atoms with Crippen molar-refractivity contribution in [3.63, 3.8) is 0 Å². The molecule has 0 heterocycles. The number of carbonyl (C=O) groups is 1. The summed E-state index contributed by atoms with van der Waals surface area (Å²) in [6.45, 7) is 3.48. The van der Waals surface area contributed by atoms with Crippen LogP contribution in [0.25, 0.3) is 0 Å². The lowest BCUT2D eigenvalue weighted by atomic mass is 10.1. The molecule has 1 saturated carbocycles. The van der Waals surface area contributed by atoms with Crippen LogP contribution < -0.4 is 10.6 Å². The van der Waals surface area contributed by atoms with Gasteiger partial charge in [-0.15, -0.1) is 0 Å². The van der Waals surface area contributed by atoms with Gasteiger partial charge in [-0.3, -0.25) is 10.1 Å². The van der Waals surface area contributed by atoms with Crippen molar-refractivity contribution < 1.29 is 14.5 Å². The molecule has 0 radical (unpaired) electrons. The van der Waals surface area contributed by atoms with Gasteiger partial charge in [0.2, 0.25) is 0 Å². The van der Waals surface area contributed by atoms with Gasteiger partial charge in [0.05, 0.1) is 22.8 Å². The Hall–Kier alpha value is -2.15. The molecule has 1 fully saturated rings. The Kier molecular flexibility index (Phi) is 4.97. The zero-order valence-corrected chi connectivity index (χ0v) is 13.0. The summed E-state index contributed by atoms with van der Waals surface area (Å²) >= 11 is 0. The van der Waals surface area contributed by atoms with Crippen molar-refractivity contribution in [1.82, 2.24) is 5.32 Å². The number of amides is 2. The minimum absolute atomic E-state index is 0.00321. The molecule has 1 aromatic carbocycles. The Balaban J connectivity index is 2.08. The fraction of sp³-hybridized carbons (Fsp3) is 0.533. The molecular weight excluding hydrogens is 286 g/mol. The van der Waals surface area contributed by atoms with Crippen molar-refractivity contribution in [3.05, 3.63) is 33.4 Å². The van der Waals surface area contributed by atoms with E-state index in [1.54, 1.807) is 27.0 Å². The van der Waals surface area contributed by atoms with Gasteiger partial charge in [-0.05, 0) is 44.7 Å². The standard InChI is InChI=1S/C15H21N3O4/c1-9-7-10(2)13(18(20)21)8-12(9)17-15(19)16-11-5-4-6-14(11)22-3/h7-8,11,14H,4-6H2,1-3H3,(H2,16,17,19)/t11-,14-/m0/s1. The fourth-order valence-electron chi connectivity index (χ4n) is 2.87. The minimum atomic E-state index is -0.449. The maximum Gasteiger partial charge on any atom is 0.319 e. The number of carbonyl (C=O) groups excluding carboxylic acids is 1. The lowest BCUT2D eigenvalue weighted by Crippen LogP contribution is -2.43. The van der Waals surface area contributed by atoms with Crippen LogP contribution >= 0.6 is 0 Å².